The van der Waals surface area contributed by atoms with E-state index in [9.17, 15) is 0 Å². The van der Waals surface area contributed by atoms with Crippen LogP contribution in [0.4, 0.5) is 5.95 Å². The van der Waals surface area contributed by atoms with Gasteiger partial charge in [-0.3, -0.25) is 4.98 Å². The normalized spacial score (nSPS) is 10.8. The summed E-state index contributed by atoms with van der Waals surface area (Å²) in [4.78, 5) is 17.4. The minimum Gasteiger partial charge on any atom is -0.334 e. The minimum atomic E-state index is 0.705. The van der Waals surface area contributed by atoms with Crippen LogP contribution in [0.3, 0.4) is 0 Å². The van der Waals surface area contributed by atoms with Crippen molar-refractivity contribution in [1.29, 1.82) is 0 Å². The molecular weight excluding hydrogens is 318 g/mol. The van der Waals surface area contributed by atoms with Gasteiger partial charge in [0.25, 0.3) is 0 Å². The highest BCUT2D eigenvalue weighted by Gasteiger charge is 2.11. The predicted molar refractivity (Wildman–Crippen MR) is 83.6 cm³/mol. The van der Waals surface area contributed by atoms with Crippen molar-refractivity contribution in [2.75, 3.05) is 32.1 Å². The molecule has 5 nitrogen and oxygen atoms in total. The second-order valence-electron chi connectivity index (χ2n) is 4.75. The first kappa shape index (κ1) is 14.9. The van der Waals surface area contributed by atoms with Gasteiger partial charge in [-0.25, -0.2) is 9.97 Å². The third-order valence-corrected chi connectivity index (χ3v) is 3.20. The van der Waals surface area contributed by atoms with Gasteiger partial charge in [0.2, 0.25) is 5.95 Å². The van der Waals surface area contributed by atoms with Gasteiger partial charge in [-0.1, -0.05) is 6.07 Å². The van der Waals surface area contributed by atoms with E-state index in [4.69, 9.17) is 0 Å². The predicted octanol–water partition coefficient (Wildman–Crippen LogP) is 2.20. The Hall–Kier alpha value is -1.53. The first-order valence-electron chi connectivity index (χ1n) is 6.42. The van der Waals surface area contributed by atoms with Gasteiger partial charge in [-0.2, -0.15) is 0 Å². The van der Waals surface area contributed by atoms with Crippen molar-refractivity contribution in [3.63, 3.8) is 0 Å². The highest BCUT2D eigenvalue weighted by atomic mass is 79.9. The number of hydrogen-bond acceptors (Lipinski definition) is 5. The number of likely N-dealkylation sites (N-methyl/N-ethyl adjacent to an activating group) is 1. The molecule has 0 aromatic carbocycles. The van der Waals surface area contributed by atoms with Crippen LogP contribution in [0.5, 0.6) is 0 Å². The third kappa shape index (κ3) is 4.54. The highest BCUT2D eigenvalue weighted by Crippen LogP contribution is 2.13. The molecule has 0 N–H and O–H groups in total. The summed E-state index contributed by atoms with van der Waals surface area (Å²) in [6, 6.07) is 5.93. The second-order valence-corrected chi connectivity index (χ2v) is 5.66. The first-order valence-corrected chi connectivity index (χ1v) is 7.21. The van der Waals surface area contributed by atoms with E-state index in [-0.39, 0.29) is 0 Å². The van der Waals surface area contributed by atoms with Crippen molar-refractivity contribution in [2.45, 2.75) is 6.54 Å². The van der Waals surface area contributed by atoms with Gasteiger partial charge in [0.15, 0.2) is 0 Å². The molecule has 2 aromatic heterocycles. The van der Waals surface area contributed by atoms with Gasteiger partial charge in [0, 0.05) is 31.7 Å². The van der Waals surface area contributed by atoms with E-state index in [1.807, 2.05) is 24.4 Å². The van der Waals surface area contributed by atoms with Crippen LogP contribution < -0.4 is 4.90 Å². The van der Waals surface area contributed by atoms with E-state index in [1.54, 1.807) is 12.4 Å². The fraction of sp³-hybridized carbons (Fsp3) is 0.357. The summed E-state index contributed by atoms with van der Waals surface area (Å²) in [7, 11) is 4.11. The summed E-state index contributed by atoms with van der Waals surface area (Å²) >= 11 is 3.36. The molecule has 0 unspecified atom stereocenters. The highest BCUT2D eigenvalue weighted by molar-refractivity contribution is 9.10. The second kappa shape index (κ2) is 7.31. The number of hydrogen-bond donors (Lipinski definition) is 0. The summed E-state index contributed by atoms with van der Waals surface area (Å²) in [5.74, 6) is 0.723. The number of aromatic nitrogens is 3. The molecule has 0 aliphatic heterocycles. The van der Waals surface area contributed by atoms with Crippen LogP contribution in [0.2, 0.25) is 0 Å². The van der Waals surface area contributed by atoms with Crippen molar-refractivity contribution in [2.24, 2.45) is 0 Å². The number of nitrogens with zero attached hydrogens (tertiary/aromatic N) is 5. The molecule has 0 fully saturated rings. The quantitative estimate of drug-likeness (QED) is 0.809. The summed E-state index contributed by atoms with van der Waals surface area (Å²) in [6.45, 7) is 2.49. The van der Waals surface area contributed by atoms with Gasteiger partial charge >= 0.3 is 0 Å². The van der Waals surface area contributed by atoms with Crippen LogP contribution in [-0.4, -0.2) is 47.0 Å². The Labute approximate surface area is 127 Å². The lowest BCUT2D eigenvalue weighted by atomic mass is 10.3. The zero-order valence-corrected chi connectivity index (χ0v) is 13.3. The van der Waals surface area contributed by atoms with E-state index >= 15 is 0 Å². The topological polar surface area (TPSA) is 45.2 Å². The fourth-order valence-electron chi connectivity index (χ4n) is 1.73. The monoisotopic (exact) mass is 335 g/mol. The molecule has 106 valence electrons. The number of anilines is 1. The van der Waals surface area contributed by atoms with Crippen molar-refractivity contribution in [1.82, 2.24) is 19.9 Å². The van der Waals surface area contributed by atoms with E-state index in [2.05, 4.69) is 54.8 Å². The van der Waals surface area contributed by atoms with Gasteiger partial charge < -0.3 is 9.80 Å². The molecular formula is C14H18BrN5. The van der Waals surface area contributed by atoms with Crippen LogP contribution in [0.15, 0.2) is 41.3 Å². The van der Waals surface area contributed by atoms with Crippen molar-refractivity contribution in [3.05, 3.63) is 47.0 Å². The lowest BCUT2D eigenvalue weighted by Gasteiger charge is -2.23. The van der Waals surface area contributed by atoms with Crippen LogP contribution in [0, 0.1) is 0 Å². The zero-order chi connectivity index (χ0) is 14.4. The SMILES string of the molecule is CN(C)CCN(Cc1ccccn1)c1ncc(Br)cn1. The molecule has 0 amide bonds. The average molecular weight is 336 g/mol. The summed E-state index contributed by atoms with van der Waals surface area (Å²) < 4.78 is 0.881. The van der Waals surface area contributed by atoms with Crippen LogP contribution in [0.25, 0.3) is 0 Å². The van der Waals surface area contributed by atoms with E-state index in [1.165, 1.54) is 0 Å². The smallest absolute Gasteiger partial charge is 0.225 e. The Morgan fingerprint density at radius 1 is 1.05 bits per heavy atom. The van der Waals surface area contributed by atoms with Gasteiger partial charge in [0.05, 0.1) is 16.7 Å². The standard InChI is InChI=1S/C14H18BrN5/c1-19(2)7-8-20(11-13-5-3-4-6-16-13)14-17-9-12(15)10-18-14/h3-6,9-10H,7-8,11H2,1-2H3. The molecule has 6 heteroatoms. The van der Waals surface area contributed by atoms with Crippen molar-refractivity contribution < 1.29 is 0 Å². The number of pyridine rings is 1. The van der Waals surface area contributed by atoms with E-state index in [0.29, 0.717) is 6.54 Å². The average Bonchev–Trinajstić information content (AvgIpc) is 2.45. The molecule has 0 saturated heterocycles. The molecule has 2 aromatic rings. The van der Waals surface area contributed by atoms with E-state index in [0.717, 1.165) is 29.2 Å². The van der Waals surface area contributed by atoms with Crippen LogP contribution in [0.1, 0.15) is 5.69 Å². The molecule has 20 heavy (non-hydrogen) atoms. The molecule has 0 bridgehead atoms. The van der Waals surface area contributed by atoms with Crippen LogP contribution in [-0.2, 0) is 6.54 Å². The molecule has 2 heterocycles. The maximum absolute atomic E-state index is 4.37. The molecule has 2 rings (SSSR count). The number of rotatable bonds is 6. The van der Waals surface area contributed by atoms with Gasteiger partial charge in [-0.15, -0.1) is 0 Å². The Bertz CT molecular complexity index is 515. The van der Waals surface area contributed by atoms with Gasteiger partial charge in [0.1, 0.15) is 0 Å². The molecule has 0 saturated carbocycles. The van der Waals surface area contributed by atoms with Gasteiger partial charge in [-0.05, 0) is 42.2 Å². The lowest BCUT2D eigenvalue weighted by Crippen LogP contribution is -2.32. The molecule has 0 aliphatic carbocycles. The van der Waals surface area contributed by atoms with Crippen molar-refractivity contribution in [3.8, 4) is 0 Å². The Kier molecular flexibility index (Phi) is 5.43. The maximum atomic E-state index is 4.37. The number of halogens is 1. The summed E-state index contributed by atoms with van der Waals surface area (Å²) in [5, 5.41) is 0. The minimum absolute atomic E-state index is 0.705. The third-order valence-electron chi connectivity index (χ3n) is 2.79. The Balaban J connectivity index is 2.13. The summed E-state index contributed by atoms with van der Waals surface area (Å²) in [6.07, 6.45) is 5.34. The molecule has 0 spiro atoms. The fourth-order valence-corrected chi connectivity index (χ4v) is 1.93. The molecule has 0 aliphatic rings. The Morgan fingerprint density at radius 2 is 1.80 bits per heavy atom. The molecule has 0 radical (unpaired) electrons. The van der Waals surface area contributed by atoms with E-state index < -0.39 is 0 Å². The Morgan fingerprint density at radius 3 is 2.40 bits per heavy atom. The van der Waals surface area contributed by atoms with Crippen LogP contribution >= 0.6 is 15.9 Å². The summed E-state index contributed by atoms with van der Waals surface area (Å²) in [5.41, 5.74) is 1.01. The largest absolute Gasteiger partial charge is 0.334 e. The zero-order valence-electron chi connectivity index (χ0n) is 11.7. The maximum Gasteiger partial charge on any atom is 0.225 e. The lowest BCUT2D eigenvalue weighted by molar-refractivity contribution is 0.411. The molecule has 0 atom stereocenters. The van der Waals surface area contributed by atoms with Crippen molar-refractivity contribution >= 4 is 21.9 Å². The first-order chi connectivity index (χ1) is 9.65.